The predicted molar refractivity (Wildman–Crippen MR) is 124 cm³/mol. The lowest BCUT2D eigenvalue weighted by Gasteiger charge is -2.29. The molecule has 2 atom stereocenters. The second-order valence-corrected chi connectivity index (χ2v) is 8.09. The molecule has 176 valence electrons. The number of primary amides is 1. The van der Waals surface area contributed by atoms with E-state index in [0.717, 1.165) is 23.5 Å². The molecular weight excluding hydrogens is 429 g/mol. The number of hydrogen-bond donors (Lipinski definition) is 5. The van der Waals surface area contributed by atoms with E-state index in [2.05, 4.69) is 26.0 Å². The molecule has 1 aromatic carbocycles. The molecule has 33 heavy (non-hydrogen) atoms. The van der Waals surface area contributed by atoms with E-state index in [-0.39, 0.29) is 23.1 Å². The molecule has 0 aliphatic heterocycles. The number of hydrogen-bond acceptors (Lipinski definition) is 6. The summed E-state index contributed by atoms with van der Waals surface area (Å²) in [6, 6.07) is 5.54. The fourth-order valence-corrected chi connectivity index (χ4v) is 3.74. The van der Waals surface area contributed by atoms with Crippen molar-refractivity contribution in [2.24, 2.45) is 11.7 Å². The Hall–Kier alpha value is -3.89. The van der Waals surface area contributed by atoms with Crippen molar-refractivity contribution in [1.82, 2.24) is 20.1 Å². The molecule has 3 aromatic rings. The van der Waals surface area contributed by atoms with Crippen LogP contribution in [0.25, 0.3) is 10.9 Å². The highest BCUT2D eigenvalue weighted by Crippen LogP contribution is 2.27. The first-order valence-corrected chi connectivity index (χ1v) is 10.6. The van der Waals surface area contributed by atoms with Crippen molar-refractivity contribution in [1.29, 1.82) is 0 Å². The highest BCUT2D eigenvalue weighted by atomic mass is 19.1. The van der Waals surface area contributed by atoms with Crippen molar-refractivity contribution in [2.45, 2.75) is 46.3 Å². The molecule has 10 nitrogen and oxygen atoms in total. The van der Waals surface area contributed by atoms with Crippen LogP contribution < -0.4 is 21.7 Å². The van der Waals surface area contributed by atoms with E-state index in [9.17, 15) is 14.0 Å². The molecule has 0 saturated carbocycles. The van der Waals surface area contributed by atoms with Gasteiger partial charge in [0.25, 0.3) is 5.91 Å². The lowest BCUT2D eigenvalue weighted by atomic mass is 9.97. The maximum Gasteiger partial charge on any atom is 0.404 e. The number of aromatic nitrogens is 3. The van der Waals surface area contributed by atoms with Crippen molar-refractivity contribution in [3.05, 3.63) is 41.8 Å². The lowest BCUT2D eigenvalue weighted by Crippen LogP contribution is -2.47. The van der Waals surface area contributed by atoms with Gasteiger partial charge in [0.15, 0.2) is 11.6 Å². The first kappa shape index (κ1) is 23.8. The quantitative estimate of drug-likeness (QED) is 0.330. The van der Waals surface area contributed by atoms with Gasteiger partial charge in [-0.1, -0.05) is 13.8 Å². The average Bonchev–Trinajstić information content (AvgIpc) is 3.14. The summed E-state index contributed by atoms with van der Waals surface area (Å²) in [5.41, 5.74) is 6.91. The van der Waals surface area contributed by atoms with Crippen molar-refractivity contribution in [3.8, 4) is 0 Å². The van der Waals surface area contributed by atoms with Crippen LogP contribution in [0.2, 0.25) is 0 Å². The summed E-state index contributed by atoms with van der Waals surface area (Å²) >= 11 is 0. The first-order chi connectivity index (χ1) is 15.6. The fourth-order valence-electron chi connectivity index (χ4n) is 3.74. The van der Waals surface area contributed by atoms with E-state index in [1.54, 1.807) is 19.2 Å². The molecule has 0 spiro atoms. The molecular formula is C22H28FN7O3. The molecule has 6 N–H and O–H groups in total. The highest BCUT2D eigenvalue weighted by molar-refractivity contribution is 5.99. The standard InChI is InChI=1S/C22H28FN7O3/c1-5-30-17-7-6-14(8-13(17)10-25-30)27-20-15(19(24)31)9-16(23)21(29-20)28-18(11(2)3)12(4)26-22(32)33/h6-12,18,26H,5H2,1-4H3,(H2,24,31)(H,32,33)(H2,27,28,29)/t12-,18+/m0/s1. The van der Waals surface area contributed by atoms with Crippen molar-refractivity contribution >= 4 is 40.2 Å². The van der Waals surface area contributed by atoms with Gasteiger partial charge < -0.3 is 26.8 Å². The summed E-state index contributed by atoms with van der Waals surface area (Å²) in [7, 11) is 0. The SMILES string of the molecule is CCn1ncc2cc(Nc3nc(N[C@H](C(C)C)[C@H](C)NC(=O)O)c(F)cc3C(N)=O)ccc21. The van der Waals surface area contributed by atoms with Gasteiger partial charge in [-0.25, -0.2) is 14.2 Å². The predicted octanol–water partition coefficient (Wildman–Crippen LogP) is 3.53. The number of nitrogens with two attached hydrogens (primary N) is 1. The van der Waals surface area contributed by atoms with Crippen molar-refractivity contribution in [2.75, 3.05) is 10.6 Å². The summed E-state index contributed by atoms with van der Waals surface area (Å²) in [6.07, 6.45) is 0.547. The van der Waals surface area contributed by atoms with Crippen LogP contribution in [0.1, 0.15) is 38.1 Å². The van der Waals surface area contributed by atoms with Gasteiger partial charge in [0, 0.05) is 29.7 Å². The fraction of sp³-hybridized carbons (Fsp3) is 0.364. The maximum atomic E-state index is 14.8. The number of benzene rings is 1. The van der Waals surface area contributed by atoms with E-state index in [1.165, 1.54) is 0 Å². The number of fused-ring (bicyclic) bond motifs is 1. The number of pyridine rings is 1. The minimum atomic E-state index is -1.18. The molecule has 2 amide bonds. The molecule has 0 saturated heterocycles. The number of nitrogens with one attached hydrogen (secondary N) is 3. The Balaban J connectivity index is 1.96. The van der Waals surface area contributed by atoms with Gasteiger partial charge in [0.05, 0.1) is 17.3 Å². The number of amides is 2. The Morgan fingerprint density at radius 1 is 1.21 bits per heavy atom. The summed E-state index contributed by atoms with van der Waals surface area (Å²) < 4.78 is 16.7. The smallest absolute Gasteiger partial charge is 0.404 e. The van der Waals surface area contributed by atoms with Gasteiger partial charge >= 0.3 is 6.09 Å². The molecule has 0 fully saturated rings. The van der Waals surface area contributed by atoms with Crippen LogP contribution >= 0.6 is 0 Å². The Labute approximate surface area is 190 Å². The summed E-state index contributed by atoms with van der Waals surface area (Å²) in [5, 5.41) is 22.6. The van der Waals surface area contributed by atoms with Gasteiger partial charge in [0.1, 0.15) is 5.82 Å². The van der Waals surface area contributed by atoms with Gasteiger partial charge in [0.2, 0.25) is 0 Å². The van der Waals surface area contributed by atoms with E-state index >= 15 is 0 Å². The van der Waals surface area contributed by atoms with Crippen molar-refractivity contribution in [3.63, 3.8) is 0 Å². The third-order valence-corrected chi connectivity index (χ3v) is 5.36. The molecule has 0 unspecified atom stereocenters. The van der Waals surface area contributed by atoms with Crippen LogP contribution in [0.5, 0.6) is 0 Å². The maximum absolute atomic E-state index is 14.8. The Morgan fingerprint density at radius 3 is 2.55 bits per heavy atom. The third-order valence-electron chi connectivity index (χ3n) is 5.36. The number of rotatable bonds is 9. The van der Waals surface area contributed by atoms with Crippen LogP contribution in [-0.4, -0.2) is 44.0 Å². The monoisotopic (exact) mass is 457 g/mol. The van der Waals surface area contributed by atoms with Gasteiger partial charge in [-0.05, 0) is 44.0 Å². The van der Waals surface area contributed by atoms with Gasteiger partial charge in [-0.2, -0.15) is 5.10 Å². The minimum absolute atomic E-state index is 0.0576. The van der Waals surface area contributed by atoms with Gasteiger partial charge in [-0.15, -0.1) is 0 Å². The number of aryl methyl sites for hydroxylation is 1. The zero-order valence-electron chi connectivity index (χ0n) is 18.9. The largest absolute Gasteiger partial charge is 0.465 e. The van der Waals surface area contributed by atoms with E-state index in [1.807, 2.05) is 37.6 Å². The molecule has 2 aromatic heterocycles. The average molecular weight is 458 g/mol. The van der Waals surface area contributed by atoms with Crippen LogP contribution in [0.15, 0.2) is 30.5 Å². The molecule has 2 heterocycles. The van der Waals surface area contributed by atoms with E-state index in [4.69, 9.17) is 10.8 Å². The third kappa shape index (κ3) is 5.30. The number of nitrogens with zero attached hydrogens (tertiary/aromatic N) is 3. The second-order valence-electron chi connectivity index (χ2n) is 8.09. The lowest BCUT2D eigenvalue weighted by molar-refractivity contribution is 0.1000. The van der Waals surface area contributed by atoms with Crippen LogP contribution in [0, 0.1) is 11.7 Å². The molecule has 3 rings (SSSR count). The van der Waals surface area contributed by atoms with Crippen LogP contribution in [0.3, 0.4) is 0 Å². The molecule has 0 aliphatic rings. The molecule has 0 aliphatic carbocycles. The molecule has 11 heteroatoms. The van der Waals surface area contributed by atoms with E-state index < -0.39 is 29.9 Å². The Bertz CT molecular complexity index is 1180. The summed E-state index contributed by atoms with van der Waals surface area (Å²) in [4.78, 5) is 27.3. The summed E-state index contributed by atoms with van der Waals surface area (Å²) in [6.45, 7) is 8.14. The molecule has 0 bridgehead atoms. The number of anilines is 3. The Morgan fingerprint density at radius 2 is 1.94 bits per heavy atom. The molecule has 0 radical (unpaired) electrons. The number of carboxylic acid groups (broad SMARTS) is 1. The van der Waals surface area contributed by atoms with E-state index in [0.29, 0.717) is 5.69 Å². The van der Waals surface area contributed by atoms with Crippen molar-refractivity contribution < 1.29 is 19.1 Å². The second kappa shape index (κ2) is 9.72. The number of halogens is 1. The normalized spacial score (nSPS) is 13.0. The van der Waals surface area contributed by atoms with Crippen LogP contribution in [0.4, 0.5) is 26.5 Å². The topological polar surface area (TPSA) is 147 Å². The zero-order chi connectivity index (χ0) is 24.3. The zero-order valence-corrected chi connectivity index (χ0v) is 18.9. The number of carbonyl (C=O) groups excluding carboxylic acids is 1. The highest BCUT2D eigenvalue weighted by Gasteiger charge is 2.25. The first-order valence-electron chi connectivity index (χ1n) is 10.6. The van der Waals surface area contributed by atoms with Gasteiger partial charge in [-0.3, -0.25) is 9.48 Å². The minimum Gasteiger partial charge on any atom is -0.465 e. The number of carbonyl (C=O) groups is 2. The van der Waals surface area contributed by atoms with Crippen LogP contribution in [-0.2, 0) is 6.54 Å². The summed E-state index contributed by atoms with van der Waals surface area (Å²) in [5.74, 6) is -1.72. The Kier molecular flexibility index (Phi) is 7.00.